The van der Waals surface area contributed by atoms with E-state index in [9.17, 15) is 0 Å². The molecule has 34 heavy (non-hydrogen) atoms. The Hall–Kier alpha value is -1.71. The molecular formula is C26H41N3O4S. The van der Waals surface area contributed by atoms with Gasteiger partial charge in [0.2, 0.25) is 0 Å². The highest BCUT2D eigenvalue weighted by atomic mass is 32.2. The third-order valence-electron chi connectivity index (χ3n) is 6.37. The fourth-order valence-corrected chi connectivity index (χ4v) is 5.88. The number of aryl methyl sites for hydroxylation is 1. The van der Waals surface area contributed by atoms with Crippen LogP contribution in [-0.4, -0.2) is 97.2 Å². The van der Waals surface area contributed by atoms with Gasteiger partial charge in [-0.25, -0.2) is 0 Å². The number of hydrogen-bond donors (Lipinski definition) is 1. The van der Waals surface area contributed by atoms with Crippen molar-refractivity contribution in [2.75, 3.05) is 91.3 Å². The van der Waals surface area contributed by atoms with Gasteiger partial charge in [-0.2, -0.15) is 0 Å². The van der Waals surface area contributed by atoms with Crippen LogP contribution in [0.4, 0.5) is 11.4 Å². The molecule has 7 nitrogen and oxygen atoms in total. The van der Waals surface area contributed by atoms with Gasteiger partial charge in [0.1, 0.15) is 0 Å². The lowest BCUT2D eigenvalue weighted by atomic mass is 9.96. The van der Waals surface area contributed by atoms with E-state index < -0.39 is 0 Å². The summed E-state index contributed by atoms with van der Waals surface area (Å²) in [5, 5.41) is 4.17. The van der Waals surface area contributed by atoms with Crippen LogP contribution in [0.1, 0.15) is 12.5 Å². The highest BCUT2D eigenvalue weighted by Crippen LogP contribution is 2.45. The minimum atomic E-state index is 0.288. The number of hydrogen-bond acceptors (Lipinski definition) is 8. The first-order chi connectivity index (χ1) is 16.5. The van der Waals surface area contributed by atoms with Crippen molar-refractivity contribution in [2.45, 2.75) is 30.0 Å². The molecule has 1 N–H and O–H groups in total. The summed E-state index contributed by atoms with van der Waals surface area (Å²) in [6, 6.07) is 4.88. The molecule has 3 rings (SSSR count). The number of benzene rings is 1. The number of allylic oxidation sites excluding steroid dienone is 1. The van der Waals surface area contributed by atoms with Gasteiger partial charge in [-0.05, 0) is 49.3 Å². The van der Waals surface area contributed by atoms with Crippen LogP contribution < -0.4 is 10.2 Å². The zero-order valence-corrected chi connectivity index (χ0v) is 22.4. The van der Waals surface area contributed by atoms with Crippen LogP contribution in [0.25, 0.3) is 0 Å². The zero-order chi connectivity index (χ0) is 24.5. The van der Waals surface area contributed by atoms with Crippen LogP contribution in [0, 0.1) is 6.92 Å². The van der Waals surface area contributed by atoms with E-state index >= 15 is 0 Å². The van der Waals surface area contributed by atoms with Crippen LogP contribution in [0.5, 0.6) is 0 Å². The van der Waals surface area contributed by atoms with Crippen molar-refractivity contribution in [3.63, 3.8) is 0 Å². The SMILES string of the molecule is COCCN(CCOC)C1=CC2Sc3cc(N(CCOC)CCOC)cc(C)c3NC2C(C)=C1. The topological polar surface area (TPSA) is 55.4 Å². The Kier molecular flexibility index (Phi) is 10.6. The molecule has 0 amide bonds. The van der Waals surface area contributed by atoms with Crippen molar-refractivity contribution < 1.29 is 18.9 Å². The molecule has 0 radical (unpaired) electrons. The highest BCUT2D eigenvalue weighted by molar-refractivity contribution is 8.00. The summed E-state index contributed by atoms with van der Waals surface area (Å²) in [5.74, 6) is 0. The van der Waals surface area contributed by atoms with E-state index in [-0.39, 0.29) is 6.04 Å². The van der Waals surface area contributed by atoms with Crippen molar-refractivity contribution in [2.24, 2.45) is 0 Å². The summed E-state index contributed by atoms with van der Waals surface area (Å²) in [6.45, 7) is 10.5. The van der Waals surface area contributed by atoms with Crippen molar-refractivity contribution in [1.82, 2.24) is 4.90 Å². The maximum Gasteiger partial charge on any atom is 0.0637 e. The van der Waals surface area contributed by atoms with Crippen LogP contribution in [0.3, 0.4) is 0 Å². The van der Waals surface area contributed by atoms with Gasteiger partial charge in [0.25, 0.3) is 0 Å². The maximum atomic E-state index is 5.36. The Morgan fingerprint density at radius 2 is 1.38 bits per heavy atom. The van der Waals surface area contributed by atoms with Gasteiger partial charge in [-0.3, -0.25) is 0 Å². The quantitative estimate of drug-likeness (QED) is 0.422. The lowest BCUT2D eigenvalue weighted by molar-refractivity contribution is 0.133. The number of nitrogens with one attached hydrogen (secondary N) is 1. The highest BCUT2D eigenvalue weighted by Gasteiger charge is 2.33. The minimum absolute atomic E-state index is 0.288. The molecular weight excluding hydrogens is 450 g/mol. The molecule has 8 heteroatoms. The molecule has 0 bridgehead atoms. The van der Waals surface area contributed by atoms with Crippen molar-refractivity contribution in [3.8, 4) is 0 Å². The molecule has 2 unspecified atom stereocenters. The number of methoxy groups -OCH3 is 4. The summed E-state index contributed by atoms with van der Waals surface area (Å²) in [4.78, 5) is 6.00. The zero-order valence-electron chi connectivity index (χ0n) is 21.6. The molecule has 190 valence electrons. The Balaban J connectivity index is 1.87. The van der Waals surface area contributed by atoms with E-state index in [0.29, 0.717) is 31.7 Å². The summed E-state index contributed by atoms with van der Waals surface area (Å²) < 4.78 is 21.4. The number of ether oxygens (including phenoxy) is 4. The van der Waals surface area contributed by atoms with E-state index in [2.05, 4.69) is 53.2 Å². The number of rotatable bonds is 14. The Labute approximate surface area is 209 Å². The first kappa shape index (κ1) is 26.9. The van der Waals surface area contributed by atoms with E-state index in [1.54, 1.807) is 28.4 Å². The van der Waals surface area contributed by atoms with Gasteiger partial charge in [-0.1, -0.05) is 0 Å². The molecule has 0 saturated carbocycles. The first-order valence-electron chi connectivity index (χ1n) is 12.0. The second-order valence-electron chi connectivity index (χ2n) is 8.77. The molecule has 1 aromatic carbocycles. The molecule has 1 aliphatic heterocycles. The van der Waals surface area contributed by atoms with Crippen LogP contribution in [-0.2, 0) is 18.9 Å². The lowest BCUT2D eigenvalue weighted by Gasteiger charge is -2.39. The van der Waals surface area contributed by atoms with E-state index in [1.165, 1.54) is 33.1 Å². The van der Waals surface area contributed by atoms with Crippen molar-refractivity contribution in [1.29, 1.82) is 0 Å². The van der Waals surface area contributed by atoms with Gasteiger partial charge in [0.05, 0.1) is 43.4 Å². The molecule has 1 aliphatic carbocycles. The van der Waals surface area contributed by atoms with Gasteiger partial charge < -0.3 is 34.1 Å². The predicted octanol–water partition coefficient (Wildman–Crippen LogP) is 3.79. The molecule has 2 atom stereocenters. The van der Waals surface area contributed by atoms with Crippen LogP contribution in [0.15, 0.2) is 40.5 Å². The summed E-state index contributed by atoms with van der Waals surface area (Å²) in [5.41, 5.74) is 6.33. The Morgan fingerprint density at radius 1 is 0.824 bits per heavy atom. The standard InChI is InChI=1S/C26H41N3O4S/c1-19-15-21(28(7-11-30-3)8-12-31-4)17-23-25(19)27-26-20(2)16-22(18-24(26)34-23)29(9-13-32-5)10-14-33-6/h15-18,23,25,27H,7-14H2,1-6H3. The first-order valence-corrected chi connectivity index (χ1v) is 12.8. The fourth-order valence-electron chi connectivity index (χ4n) is 4.43. The molecule has 0 aromatic heterocycles. The predicted molar refractivity (Wildman–Crippen MR) is 141 cm³/mol. The largest absolute Gasteiger partial charge is 0.383 e. The molecule has 1 aromatic rings. The maximum absolute atomic E-state index is 5.36. The second-order valence-corrected chi connectivity index (χ2v) is 9.99. The Bertz CT molecular complexity index is 845. The minimum Gasteiger partial charge on any atom is -0.383 e. The van der Waals surface area contributed by atoms with Crippen molar-refractivity contribution >= 4 is 23.1 Å². The van der Waals surface area contributed by atoms with Gasteiger partial charge in [0.15, 0.2) is 0 Å². The Morgan fingerprint density at radius 3 is 1.94 bits per heavy atom. The van der Waals surface area contributed by atoms with Gasteiger partial charge in [-0.15, -0.1) is 11.8 Å². The normalized spacial score (nSPS) is 19.0. The summed E-state index contributed by atoms with van der Waals surface area (Å²) in [7, 11) is 7.00. The monoisotopic (exact) mass is 491 g/mol. The second kappa shape index (κ2) is 13.4. The third kappa shape index (κ3) is 6.70. The number of nitrogens with zero attached hydrogens (tertiary/aromatic N) is 2. The average molecular weight is 492 g/mol. The van der Waals surface area contributed by atoms with Crippen LogP contribution in [0.2, 0.25) is 0 Å². The third-order valence-corrected chi connectivity index (χ3v) is 7.62. The lowest BCUT2D eigenvalue weighted by Crippen LogP contribution is -2.40. The smallest absolute Gasteiger partial charge is 0.0637 e. The molecule has 0 fully saturated rings. The van der Waals surface area contributed by atoms with E-state index in [4.69, 9.17) is 18.9 Å². The molecule has 0 spiro atoms. The fraction of sp³-hybridized carbons (Fsp3) is 0.615. The van der Waals surface area contributed by atoms with Gasteiger partial charge in [0, 0.05) is 70.9 Å². The van der Waals surface area contributed by atoms with E-state index in [0.717, 1.165) is 26.2 Å². The number of fused-ring (bicyclic) bond motifs is 2. The molecule has 2 aliphatic rings. The van der Waals surface area contributed by atoms with Gasteiger partial charge >= 0.3 is 0 Å². The average Bonchev–Trinajstić information content (AvgIpc) is 2.83. The molecule has 1 heterocycles. The summed E-state index contributed by atoms with van der Waals surface area (Å²) >= 11 is 1.95. The molecule has 0 saturated heterocycles. The number of anilines is 2. The van der Waals surface area contributed by atoms with Crippen molar-refractivity contribution in [3.05, 3.63) is 41.1 Å². The summed E-state index contributed by atoms with van der Waals surface area (Å²) in [6.07, 6.45) is 4.71. The van der Waals surface area contributed by atoms with Crippen LogP contribution >= 0.6 is 11.8 Å². The number of thioether (sulfide) groups is 1. The van der Waals surface area contributed by atoms with E-state index in [1.807, 2.05) is 11.8 Å².